The predicted molar refractivity (Wildman–Crippen MR) is 110 cm³/mol. The second-order valence-electron chi connectivity index (χ2n) is 5.61. The molecule has 152 valence electrons. The summed E-state index contributed by atoms with van der Waals surface area (Å²) in [7, 11) is 0. The number of anilines is 1. The van der Waals surface area contributed by atoms with Crippen molar-refractivity contribution >= 4 is 46.4 Å². The number of halogens is 3. The number of aliphatic hydroxyl groups excluding tert-OH is 1. The van der Waals surface area contributed by atoms with Gasteiger partial charge in [0.1, 0.15) is 5.82 Å². The molecule has 29 heavy (non-hydrogen) atoms. The summed E-state index contributed by atoms with van der Waals surface area (Å²) in [6.07, 6.45) is -0.163. The molecule has 0 amide bonds. The molecule has 2 rings (SSSR count). The van der Waals surface area contributed by atoms with Crippen LogP contribution in [0.15, 0.2) is 24.3 Å². The fraction of sp³-hybridized carbons (Fsp3) is 0.250. The van der Waals surface area contributed by atoms with Crippen molar-refractivity contribution in [3.05, 3.63) is 74.1 Å². The normalized spacial score (nSPS) is 9.97. The third-order valence-corrected chi connectivity index (χ3v) is 4.45. The summed E-state index contributed by atoms with van der Waals surface area (Å²) in [5, 5.41) is 12.9. The quantitative estimate of drug-likeness (QED) is 0.599. The van der Waals surface area contributed by atoms with E-state index < -0.39 is 6.10 Å². The van der Waals surface area contributed by atoms with Crippen molar-refractivity contribution in [1.29, 1.82) is 0 Å². The molecule has 0 aliphatic rings. The van der Waals surface area contributed by atoms with Crippen LogP contribution in [0.1, 0.15) is 18.1 Å². The van der Waals surface area contributed by atoms with Crippen LogP contribution in [-0.4, -0.2) is 23.9 Å². The zero-order valence-corrected chi connectivity index (χ0v) is 17.4. The topological polar surface area (TPSA) is 75.1 Å². The molecule has 6 nitrogen and oxygen atoms in total. The summed E-state index contributed by atoms with van der Waals surface area (Å²) in [6, 6.07) is 6.09. The maximum absolute atomic E-state index is 12.7. The maximum Gasteiger partial charge on any atom is 0.373 e. The Morgan fingerprint density at radius 1 is 1.07 bits per heavy atom. The Bertz CT molecular complexity index is 961. The Morgan fingerprint density at radius 2 is 1.52 bits per heavy atom. The van der Waals surface area contributed by atoms with E-state index in [0.29, 0.717) is 28.5 Å². The van der Waals surface area contributed by atoms with E-state index in [1.165, 1.54) is 12.1 Å². The fourth-order valence-corrected chi connectivity index (χ4v) is 2.34. The molecular weight excluding hydrogens is 420 g/mol. The third kappa shape index (κ3) is 8.31. The van der Waals surface area contributed by atoms with Gasteiger partial charge in [-0.3, -0.25) is 0 Å². The maximum atomic E-state index is 12.7. The van der Waals surface area contributed by atoms with Crippen molar-refractivity contribution in [3.63, 3.8) is 0 Å². The van der Waals surface area contributed by atoms with Gasteiger partial charge in [-0.2, -0.15) is 9.59 Å². The van der Waals surface area contributed by atoms with Gasteiger partial charge >= 0.3 is 6.15 Å². The van der Waals surface area contributed by atoms with Crippen LogP contribution in [-0.2, 0) is 9.59 Å². The molecule has 0 spiro atoms. The van der Waals surface area contributed by atoms with Crippen LogP contribution in [0.4, 0.5) is 21.5 Å². The highest BCUT2D eigenvalue weighted by molar-refractivity contribution is 6.34. The predicted octanol–water partition coefficient (Wildman–Crippen LogP) is 5.75. The molecule has 9 heteroatoms. The first-order valence-electron chi connectivity index (χ1n) is 8.04. The van der Waals surface area contributed by atoms with Crippen LogP contribution in [0.25, 0.3) is 9.69 Å². The van der Waals surface area contributed by atoms with Crippen molar-refractivity contribution in [2.24, 2.45) is 0 Å². The van der Waals surface area contributed by atoms with Crippen molar-refractivity contribution in [2.45, 2.75) is 26.9 Å². The average molecular weight is 438 g/mol. The minimum Gasteiger partial charge on any atom is -0.392 e. The summed E-state index contributed by atoms with van der Waals surface area (Å²) in [5.41, 5.74) is 2.78. The largest absolute Gasteiger partial charge is 0.392 e. The van der Waals surface area contributed by atoms with Crippen LogP contribution >= 0.6 is 23.2 Å². The first-order valence-corrected chi connectivity index (χ1v) is 8.79. The number of hydrogen-bond acceptors (Lipinski definition) is 4. The summed E-state index contributed by atoms with van der Waals surface area (Å²) >= 11 is 11.6. The summed E-state index contributed by atoms with van der Waals surface area (Å²) in [4.78, 5) is 22.7. The van der Waals surface area contributed by atoms with E-state index in [1.54, 1.807) is 26.0 Å². The average Bonchev–Trinajstić information content (AvgIpc) is 2.68. The monoisotopic (exact) mass is 437 g/mol. The van der Waals surface area contributed by atoms with Crippen LogP contribution in [0.2, 0.25) is 10.0 Å². The van der Waals surface area contributed by atoms with Crippen LogP contribution in [0, 0.1) is 32.8 Å². The Hall–Kier alpha value is -2.93. The number of aliphatic hydroxyl groups is 1. The Kier molecular flexibility index (Phi) is 11.9. The minimum atomic E-state index is -0.413. The first-order chi connectivity index (χ1) is 13.6. The molecule has 0 radical (unpaired) electrons. The highest BCUT2D eigenvalue weighted by Gasteiger charge is 2.08. The lowest BCUT2D eigenvalue weighted by Crippen LogP contribution is -2.15. The van der Waals surface area contributed by atoms with Crippen molar-refractivity contribution in [1.82, 2.24) is 0 Å². The summed E-state index contributed by atoms with van der Waals surface area (Å²) < 4.78 is 12.7. The van der Waals surface area contributed by atoms with Gasteiger partial charge in [0, 0.05) is 12.2 Å². The standard InChI is InChI=1S/C11H13ClN2O.C8H5ClFN.CO2/c1-7(15)6-14-9-4-5-10(13-3)11(12)8(9)2;1-5-6(10)3-4-7(11-2)8(5)9;2-1-3/h4-5,7,14-15H,6H2,1-2H3;3-4H,1H3;/t7-;;/m0../s1. The molecular formula is C20H18Cl2FN3O3. The van der Waals surface area contributed by atoms with Gasteiger partial charge in [-0.25, -0.2) is 14.1 Å². The minimum absolute atomic E-state index is 0.208. The zero-order valence-electron chi connectivity index (χ0n) is 15.9. The van der Waals surface area contributed by atoms with Gasteiger partial charge in [0.2, 0.25) is 11.4 Å². The molecule has 0 unspecified atom stereocenters. The number of hydrogen-bond donors (Lipinski definition) is 2. The van der Waals surface area contributed by atoms with Crippen molar-refractivity contribution in [2.75, 3.05) is 11.9 Å². The van der Waals surface area contributed by atoms with E-state index in [4.69, 9.17) is 51.0 Å². The van der Waals surface area contributed by atoms with E-state index in [0.717, 1.165) is 11.3 Å². The molecule has 1 atom stereocenters. The van der Waals surface area contributed by atoms with Crippen molar-refractivity contribution < 1.29 is 19.1 Å². The van der Waals surface area contributed by atoms with E-state index in [9.17, 15) is 4.39 Å². The molecule has 2 N–H and O–H groups in total. The molecule has 0 heterocycles. The lowest BCUT2D eigenvalue weighted by atomic mass is 10.1. The summed E-state index contributed by atoms with van der Waals surface area (Å²) in [5.74, 6) is -0.373. The molecule has 0 saturated heterocycles. The molecule has 0 aliphatic carbocycles. The molecule has 0 saturated carbocycles. The van der Waals surface area contributed by atoms with Crippen molar-refractivity contribution in [3.8, 4) is 0 Å². The number of carbonyl (C=O) groups excluding carboxylic acids is 2. The fourth-order valence-electron chi connectivity index (χ4n) is 1.94. The van der Waals surface area contributed by atoms with Gasteiger partial charge in [-0.15, -0.1) is 0 Å². The summed E-state index contributed by atoms with van der Waals surface area (Å²) in [6.45, 7) is 19.1. The second kappa shape index (κ2) is 13.3. The number of rotatable bonds is 3. The zero-order chi connectivity index (χ0) is 22.6. The molecule has 2 aromatic carbocycles. The number of nitrogens with one attached hydrogen (secondary N) is 1. The molecule has 0 fully saturated rings. The lowest BCUT2D eigenvalue weighted by Gasteiger charge is -2.12. The van der Waals surface area contributed by atoms with E-state index in [-0.39, 0.29) is 17.0 Å². The van der Waals surface area contributed by atoms with Crippen LogP contribution < -0.4 is 5.32 Å². The molecule has 0 bridgehead atoms. The van der Waals surface area contributed by atoms with Crippen LogP contribution in [0.3, 0.4) is 0 Å². The Morgan fingerprint density at radius 3 is 1.97 bits per heavy atom. The SMILES string of the molecule is O=C=O.[C-]#[N+]c1ccc(F)c(C)c1Cl.[C-]#[N+]c1ccc(NC[C@H](C)O)c(C)c1Cl. The van der Waals surface area contributed by atoms with Gasteiger partial charge in [-0.05, 0) is 44.0 Å². The van der Waals surface area contributed by atoms with E-state index in [2.05, 4.69) is 15.0 Å². The van der Waals surface area contributed by atoms with Gasteiger partial charge in [0.15, 0.2) is 0 Å². The molecule has 0 aliphatic heterocycles. The number of benzene rings is 2. The highest BCUT2D eigenvalue weighted by atomic mass is 35.5. The van der Waals surface area contributed by atoms with Gasteiger partial charge in [0.05, 0.1) is 29.3 Å². The van der Waals surface area contributed by atoms with Gasteiger partial charge < -0.3 is 10.4 Å². The van der Waals surface area contributed by atoms with E-state index >= 15 is 0 Å². The first kappa shape index (κ1) is 26.1. The molecule has 2 aromatic rings. The molecule has 0 aromatic heterocycles. The third-order valence-electron chi connectivity index (χ3n) is 3.49. The Labute approximate surface area is 178 Å². The van der Waals surface area contributed by atoms with Gasteiger partial charge in [0.25, 0.3) is 0 Å². The Balaban J connectivity index is 0.000000493. The van der Waals surface area contributed by atoms with E-state index in [1.807, 2.05) is 6.92 Å². The number of nitrogens with zero attached hydrogens (tertiary/aromatic N) is 2. The van der Waals surface area contributed by atoms with Gasteiger partial charge in [-0.1, -0.05) is 35.3 Å². The smallest absolute Gasteiger partial charge is 0.373 e. The van der Waals surface area contributed by atoms with Crippen LogP contribution in [0.5, 0.6) is 0 Å². The highest BCUT2D eigenvalue weighted by Crippen LogP contribution is 2.33. The lowest BCUT2D eigenvalue weighted by molar-refractivity contribution is -0.191. The second-order valence-corrected chi connectivity index (χ2v) is 6.37.